The Balaban J connectivity index is 1.91. The maximum Gasteiger partial charge on any atom is 0.243 e. The van der Waals surface area contributed by atoms with Crippen molar-refractivity contribution in [1.82, 2.24) is 10.2 Å². The molecule has 0 radical (unpaired) electrons. The van der Waals surface area contributed by atoms with E-state index in [0.29, 0.717) is 31.0 Å². The van der Waals surface area contributed by atoms with Crippen LogP contribution in [0, 0.1) is 6.92 Å². The van der Waals surface area contributed by atoms with E-state index in [1.807, 2.05) is 92.7 Å². The highest BCUT2D eigenvalue weighted by Gasteiger charge is 2.30. The van der Waals surface area contributed by atoms with E-state index in [9.17, 15) is 9.59 Å². The van der Waals surface area contributed by atoms with Crippen LogP contribution in [0.4, 0.5) is 0 Å². The lowest BCUT2D eigenvalue weighted by Crippen LogP contribution is -2.50. The SMILES string of the molecule is CCCNC(=O)[C@H](Cc1ccccc1)N(Cc1ccccc1C)C(=O)CCc1ccccc1Cl. The van der Waals surface area contributed by atoms with Gasteiger partial charge >= 0.3 is 0 Å². The van der Waals surface area contributed by atoms with Gasteiger partial charge in [0, 0.05) is 31.0 Å². The minimum absolute atomic E-state index is 0.0595. The lowest BCUT2D eigenvalue weighted by molar-refractivity contribution is -0.141. The molecular weight excluding hydrogens is 444 g/mol. The zero-order valence-corrected chi connectivity index (χ0v) is 20.7. The van der Waals surface area contributed by atoms with Gasteiger partial charge in [0.15, 0.2) is 0 Å². The van der Waals surface area contributed by atoms with Crippen LogP contribution < -0.4 is 5.32 Å². The van der Waals surface area contributed by atoms with Crippen LogP contribution in [-0.4, -0.2) is 29.3 Å². The number of halogens is 1. The lowest BCUT2D eigenvalue weighted by Gasteiger charge is -2.32. The van der Waals surface area contributed by atoms with Gasteiger partial charge in [-0.2, -0.15) is 0 Å². The van der Waals surface area contributed by atoms with Crippen LogP contribution in [0.25, 0.3) is 0 Å². The second kappa shape index (κ2) is 13.0. The summed E-state index contributed by atoms with van der Waals surface area (Å²) in [4.78, 5) is 28.7. The summed E-state index contributed by atoms with van der Waals surface area (Å²) < 4.78 is 0. The van der Waals surface area contributed by atoms with Crippen molar-refractivity contribution in [2.24, 2.45) is 0 Å². The van der Waals surface area contributed by atoms with Crippen molar-refractivity contribution in [2.45, 2.75) is 52.1 Å². The average molecular weight is 477 g/mol. The third kappa shape index (κ3) is 7.19. The maximum absolute atomic E-state index is 13.7. The van der Waals surface area contributed by atoms with Crippen molar-refractivity contribution in [3.8, 4) is 0 Å². The van der Waals surface area contributed by atoms with Crippen molar-refractivity contribution in [1.29, 1.82) is 0 Å². The molecule has 3 aromatic carbocycles. The predicted molar refractivity (Wildman–Crippen MR) is 139 cm³/mol. The van der Waals surface area contributed by atoms with E-state index in [0.717, 1.165) is 28.7 Å². The number of carbonyl (C=O) groups is 2. The molecule has 2 amide bonds. The molecule has 178 valence electrons. The number of rotatable bonds is 11. The molecule has 0 aliphatic heterocycles. The second-order valence-electron chi connectivity index (χ2n) is 8.54. The van der Waals surface area contributed by atoms with Crippen LogP contribution in [-0.2, 0) is 29.0 Å². The molecule has 0 spiro atoms. The van der Waals surface area contributed by atoms with Crippen molar-refractivity contribution < 1.29 is 9.59 Å². The molecule has 0 aliphatic rings. The first-order chi connectivity index (χ1) is 16.5. The Morgan fingerprint density at radius 2 is 1.56 bits per heavy atom. The molecule has 0 heterocycles. The molecule has 3 rings (SSSR count). The van der Waals surface area contributed by atoms with Gasteiger partial charge in [-0.25, -0.2) is 0 Å². The molecule has 0 aliphatic carbocycles. The summed E-state index contributed by atoms with van der Waals surface area (Å²) in [6.45, 7) is 5.01. The highest BCUT2D eigenvalue weighted by Crippen LogP contribution is 2.21. The van der Waals surface area contributed by atoms with Gasteiger partial charge in [0.2, 0.25) is 11.8 Å². The summed E-state index contributed by atoms with van der Waals surface area (Å²) in [7, 11) is 0. The monoisotopic (exact) mass is 476 g/mol. The Kier molecular flexibility index (Phi) is 9.72. The largest absolute Gasteiger partial charge is 0.354 e. The lowest BCUT2D eigenvalue weighted by atomic mass is 10.0. The fourth-order valence-corrected chi connectivity index (χ4v) is 4.21. The standard InChI is InChI=1S/C29H33ClN2O2/c1-3-19-31-29(34)27(20-23-12-5-4-6-13-23)32(21-25-15-8-7-11-22(25)2)28(33)18-17-24-14-9-10-16-26(24)30/h4-16,27H,3,17-21H2,1-2H3,(H,31,34)/t27-/m0/s1. The van der Waals surface area contributed by atoms with Gasteiger partial charge in [-0.05, 0) is 48.1 Å². The van der Waals surface area contributed by atoms with E-state index in [1.165, 1.54) is 0 Å². The van der Waals surface area contributed by atoms with Gasteiger partial charge in [0.25, 0.3) is 0 Å². The first-order valence-electron chi connectivity index (χ1n) is 11.9. The molecule has 1 atom stereocenters. The summed E-state index contributed by atoms with van der Waals surface area (Å²) in [5, 5.41) is 3.67. The first kappa shape index (κ1) is 25.5. The zero-order chi connectivity index (χ0) is 24.3. The van der Waals surface area contributed by atoms with Gasteiger partial charge in [0.1, 0.15) is 6.04 Å². The Bertz CT molecular complexity index is 1080. The van der Waals surface area contributed by atoms with E-state index in [2.05, 4.69) is 5.32 Å². The normalized spacial score (nSPS) is 11.6. The van der Waals surface area contributed by atoms with E-state index in [4.69, 9.17) is 11.6 Å². The van der Waals surface area contributed by atoms with Crippen molar-refractivity contribution in [2.75, 3.05) is 6.54 Å². The second-order valence-corrected chi connectivity index (χ2v) is 8.94. The molecule has 5 heteroatoms. The molecule has 1 N–H and O–H groups in total. The number of hydrogen-bond acceptors (Lipinski definition) is 2. The first-order valence-corrected chi connectivity index (χ1v) is 12.3. The van der Waals surface area contributed by atoms with Crippen LogP contribution in [0.15, 0.2) is 78.9 Å². The zero-order valence-electron chi connectivity index (χ0n) is 20.0. The Morgan fingerprint density at radius 1 is 0.912 bits per heavy atom. The van der Waals surface area contributed by atoms with Gasteiger partial charge in [0.05, 0.1) is 0 Å². The molecule has 0 saturated heterocycles. The van der Waals surface area contributed by atoms with Crippen LogP contribution in [0.1, 0.15) is 42.0 Å². The molecular formula is C29H33ClN2O2. The van der Waals surface area contributed by atoms with Crippen LogP contribution in [0.5, 0.6) is 0 Å². The van der Waals surface area contributed by atoms with Crippen molar-refractivity contribution in [3.05, 3.63) is 106 Å². The molecule has 4 nitrogen and oxygen atoms in total. The number of aryl methyl sites for hydroxylation is 2. The molecule has 34 heavy (non-hydrogen) atoms. The Morgan fingerprint density at radius 3 is 2.24 bits per heavy atom. The Labute approximate surface area is 207 Å². The maximum atomic E-state index is 13.7. The van der Waals surface area contributed by atoms with Gasteiger partial charge in [-0.3, -0.25) is 9.59 Å². The van der Waals surface area contributed by atoms with E-state index in [1.54, 1.807) is 4.90 Å². The molecule has 0 bridgehead atoms. The number of carbonyl (C=O) groups excluding carboxylic acids is 2. The number of hydrogen-bond donors (Lipinski definition) is 1. The fourth-order valence-electron chi connectivity index (χ4n) is 3.98. The molecule has 0 fully saturated rings. The average Bonchev–Trinajstić information content (AvgIpc) is 2.85. The number of nitrogens with one attached hydrogen (secondary N) is 1. The molecule has 3 aromatic rings. The molecule has 0 unspecified atom stereocenters. The van der Waals surface area contributed by atoms with E-state index >= 15 is 0 Å². The minimum Gasteiger partial charge on any atom is -0.354 e. The predicted octanol–water partition coefficient (Wildman–Crippen LogP) is 5.75. The number of nitrogens with zero attached hydrogens (tertiary/aromatic N) is 1. The van der Waals surface area contributed by atoms with Gasteiger partial charge in [-0.15, -0.1) is 0 Å². The number of benzene rings is 3. The summed E-state index contributed by atoms with van der Waals surface area (Å²) in [6, 6.07) is 24.9. The highest BCUT2D eigenvalue weighted by atomic mass is 35.5. The third-order valence-corrected chi connectivity index (χ3v) is 6.36. The third-order valence-electron chi connectivity index (χ3n) is 5.99. The van der Waals surface area contributed by atoms with Gasteiger partial charge in [-0.1, -0.05) is 91.3 Å². The van der Waals surface area contributed by atoms with Crippen molar-refractivity contribution in [3.63, 3.8) is 0 Å². The van der Waals surface area contributed by atoms with Gasteiger partial charge < -0.3 is 10.2 Å². The quantitative estimate of drug-likeness (QED) is 0.383. The van der Waals surface area contributed by atoms with E-state index in [-0.39, 0.29) is 18.2 Å². The molecule has 0 aromatic heterocycles. The summed E-state index contributed by atoms with van der Waals surface area (Å²) in [6.07, 6.45) is 2.10. The van der Waals surface area contributed by atoms with E-state index < -0.39 is 6.04 Å². The van der Waals surface area contributed by atoms with Crippen LogP contribution in [0.3, 0.4) is 0 Å². The smallest absolute Gasteiger partial charge is 0.243 e. The van der Waals surface area contributed by atoms with Crippen LogP contribution in [0.2, 0.25) is 5.02 Å². The molecule has 0 saturated carbocycles. The number of amides is 2. The highest BCUT2D eigenvalue weighted by molar-refractivity contribution is 6.31. The summed E-state index contributed by atoms with van der Waals surface area (Å²) in [5.41, 5.74) is 4.09. The van der Waals surface area contributed by atoms with Crippen LogP contribution >= 0.6 is 11.6 Å². The summed E-state index contributed by atoms with van der Waals surface area (Å²) >= 11 is 6.33. The minimum atomic E-state index is -0.604. The van der Waals surface area contributed by atoms with Crippen molar-refractivity contribution >= 4 is 23.4 Å². The summed E-state index contributed by atoms with van der Waals surface area (Å²) in [5.74, 6) is -0.180. The fraction of sp³-hybridized carbons (Fsp3) is 0.310. The Hall–Kier alpha value is -3.11. The topological polar surface area (TPSA) is 49.4 Å².